The van der Waals surface area contributed by atoms with E-state index in [4.69, 9.17) is 59.8 Å². The van der Waals surface area contributed by atoms with Crippen molar-refractivity contribution in [2.45, 2.75) is 6.18 Å². The second-order valence-corrected chi connectivity index (χ2v) is 27.8. The fourth-order valence-electron chi connectivity index (χ4n) is 15.1. The van der Waals surface area contributed by atoms with Crippen LogP contribution in [-0.2, 0) is 6.18 Å². The molecule has 6 heterocycles. The smallest absolute Gasteiger partial charge is 0.308 e. The van der Waals surface area contributed by atoms with E-state index < -0.39 is 11.7 Å². The minimum absolute atomic E-state index is 0.104. The number of nitrogens with zero attached hydrogens (tertiary/aromatic N) is 15. The summed E-state index contributed by atoms with van der Waals surface area (Å²) >= 11 is 0. The number of rotatable bonds is 15. The Kier molecular flexibility index (Phi) is 17.3. The number of fused-ring (bicyclic) bond motifs is 6. The monoisotopic (exact) mass is 1500 g/mol. The second-order valence-electron chi connectivity index (χ2n) is 27.8. The van der Waals surface area contributed by atoms with Crippen LogP contribution in [0.15, 0.2) is 352 Å². The largest absolute Gasteiger partial charge is 0.417 e. The number of nitriles is 1. The first kappa shape index (κ1) is 69.2. The van der Waals surface area contributed by atoms with Crippen LogP contribution < -0.4 is 0 Å². The molecule has 546 valence electrons. The molecule has 0 fully saturated rings. The van der Waals surface area contributed by atoms with Gasteiger partial charge in [-0.15, -0.1) is 0 Å². The molecule has 20 aromatic rings. The first-order chi connectivity index (χ1) is 57.0. The summed E-state index contributed by atoms with van der Waals surface area (Å²) in [4.78, 5) is 61.8. The van der Waals surface area contributed by atoms with Crippen LogP contribution in [0, 0.1) is 11.3 Å². The maximum absolute atomic E-state index is 16.9. The summed E-state index contributed by atoms with van der Waals surface area (Å²) in [6, 6.07) is 112. The lowest BCUT2D eigenvalue weighted by Crippen LogP contribution is -2.11. The molecule has 0 aliphatic rings. The van der Waals surface area contributed by atoms with Crippen LogP contribution in [0.25, 0.3) is 203 Å². The highest BCUT2D eigenvalue weighted by molar-refractivity contribution is 6.14. The average molecular weight is 1500 g/mol. The summed E-state index contributed by atoms with van der Waals surface area (Å²) in [6.07, 6.45) is -4.95. The number of halogens is 3. The third kappa shape index (κ3) is 12.9. The molecule has 0 bridgehead atoms. The van der Waals surface area contributed by atoms with E-state index in [0.29, 0.717) is 136 Å². The van der Waals surface area contributed by atoms with Gasteiger partial charge in [0.1, 0.15) is 0 Å². The Hall–Kier alpha value is -16.0. The topological polar surface area (TPSA) is 188 Å². The van der Waals surface area contributed by atoms with Crippen molar-refractivity contribution < 1.29 is 13.2 Å². The van der Waals surface area contributed by atoms with Crippen molar-refractivity contribution in [1.82, 2.24) is 68.9 Å². The summed E-state index contributed by atoms with van der Waals surface area (Å²) in [5.41, 5.74) is 9.85. The molecule has 116 heavy (non-hydrogen) atoms. The standard InChI is InChI=1S/C98H58F3N15/c99-98(100,101)78-44-26-25-43-77(78)85-83(115-79-55-69(94-107-86(61-27-9-1-10-28-61)103-87(108-94)62-29-11-2-12-30-62)45-49-73(79)74-50-46-70(56-80(74)115)95-109-88(63-31-13-3-14-32-63)104-89(110-95)64-33-15-4-16-34-64)53-60(59-102)54-84(85)116-81-57-71(96-111-90(65-35-17-5-18-36-65)105-91(112-96)66-37-19-6-20-38-66)47-51-75(81)76-52-48-72(58-82(76)116)97-113-92(67-39-21-7-22-40-67)106-93(114-97)68-41-23-8-24-42-68/h1-58H. The number of hydrogen-bond donors (Lipinski definition) is 0. The van der Waals surface area contributed by atoms with Gasteiger partial charge in [0.05, 0.1) is 50.6 Å². The summed E-state index contributed by atoms with van der Waals surface area (Å²) in [6.45, 7) is 0. The number of benzene rings is 14. The Balaban J connectivity index is 0.916. The molecule has 0 atom stereocenters. The van der Waals surface area contributed by atoms with Crippen LogP contribution in [0.4, 0.5) is 13.2 Å². The lowest BCUT2D eigenvalue weighted by Gasteiger charge is -2.23. The Labute approximate surface area is 661 Å². The van der Waals surface area contributed by atoms with Gasteiger partial charge in [0.15, 0.2) is 69.9 Å². The zero-order valence-electron chi connectivity index (χ0n) is 61.3. The van der Waals surface area contributed by atoms with Gasteiger partial charge in [0.2, 0.25) is 0 Å². The zero-order chi connectivity index (χ0) is 77.8. The van der Waals surface area contributed by atoms with Crippen LogP contribution in [0.5, 0.6) is 0 Å². The maximum atomic E-state index is 16.9. The molecule has 0 saturated carbocycles. The third-order valence-electron chi connectivity index (χ3n) is 20.6. The van der Waals surface area contributed by atoms with Gasteiger partial charge in [-0.1, -0.05) is 309 Å². The minimum atomic E-state index is -4.95. The molecular formula is C98H58F3N15. The molecule has 6 aromatic heterocycles. The molecule has 0 amide bonds. The lowest BCUT2D eigenvalue weighted by atomic mass is 9.94. The van der Waals surface area contributed by atoms with E-state index in [2.05, 4.69) is 6.07 Å². The molecule has 15 nitrogen and oxygen atoms in total. The van der Waals surface area contributed by atoms with E-state index in [1.807, 2.05) is 325 Å². The molecular weight excluding hydrogens is 1440 g/mol. The molecule has 0 aliphatic heterocycles. The van der Waals surface area contributed by atoms with Gasteiger partial charge in [0, 0.05) is 93.9 Å². The predicted molar refractivity (Wildman–Crippen MR) is 449 cm³/mol. The molecule has 0 unspecified atom stereocenters. The highest BCUT2D eigenvalue weighted by atomic mass is 19.4. The first-order valence-corrected chi connectivity index (χ1v) is 37.5. The van der Waals surface area contributed by atoms with Gasteiger partial charge >= 0.3 is 6.18 Å². The highest BCUT2D eigenvalue weighted by Crippen LogP contribution is 2.49. The van der Waals surface area contributed by atoms with E-state index in [-0.39, 0.29) is 28.1 Å². The molecule has 0 aliphatic carbocycles. The summed E-state index contributed by atoms with van der Waals surface area (Å²) < 4.78 is 54.6. The van der Waals surface area contributed by atoms with E-state index >= 15 is 13.2 Å². The Morgan fingerprint density at radius 2 is 0.422 bits per heavy atom. The first-order valence-electron chi connectivity index (χ1n) is 37.5. The summed E-state index contributed by atoms with van der Waals surface area (Å²) in [5, 5.41) is 14.8. The van der Waals surface area contributed by atoms with Gasteiger partial charge in [-0.3, -0.25) is 0 Å². The van der Waals surface area contributed by atoms with Crippen molar-refractivity contribution in [1.29, 1.82) is 5.26 Å². The SMILES string of the molecule is N#Cc1cc(-n2c3cc(-c4nc(-c5ccccc5)nc(-c5ccccc5)n4)ccc3c3ccc(-c4nc(-c5ccccc5)nc(-c5ccccc5)n4)cc32)c(-c2ccccc2C(F)(F)F)c(-n2c3cc(-c4nc(-c5ccccc5)nc(-c5ccccc5)n4)ccc3c3ccc(-c4nc(-c5ccccc5)nc(-c5ccccc5)n4)cc32)c1. The highest BCUT2D eigenvalue weighted by Gasteiger charge is 2.36. The van der Waals surface area contributed by atoms with Gasteiger partial charge in [0.25, 0.3) is 0 Å². The number of hydrogen-bond acceptors (Lipinski definition) is 13. The van der Waals surface area contributed by atoms with Gasteiger partial charge in [-0.05, 0) is 48.0 Å². The van der Waals surface area contributed by atoms with Gasteiger partial charge in [-0.2, -0.15) is 18.4 Å². The Morgan fingerprint density at radius 1 is 0.224 bits per heavy atom. The average Bonchev–Trinajstić information content (AvgIpc) is 1.56. The third-order valence-corrected chi connectivity index (χ3v) is 20.6. The van der Waals surface area contributed by atoms with Crippen molar-refractivity contribution in [2.24, 2.45) is 0 Å². The van der Waals surface area contributed by atoms with Crippen LogP contribution >= 0.6 is 0 Å². The minimum Gasteiger partial charge on any atom is -0.308 e. The van der Waals surface area contributed by atoms with Crippen LogP contribution in [0.2, 0.25) is 0 Å². The molecule has 18 heteroatoms. The zero-order valence-corrected chi connectivity index (χ0v) is 61.3. The molecule has 0 saturated heterocycles. The van der Waals surface area contributed by atoms with E-state index in [1.165, 1.54) is 12.1 Å². The predicted octanol–water partition coefficient (Wildman–Crippen LogP) is 23.2. The van der Waals surface area contributed by atoms with E-state index in [9.17, 15) is 5.26 Å². The Morgan fingerprint density at radius 3 is 0.629 bits per heavy atom. The molecule has 0 radical (unpaired) electrons. The fraction of sp³-hybridized carbons (Fsp3) is 0.0102. The normalized spacial score (nSPS) is 11.6. The van der Waals surface area contributed by atoms with Gasteiger partial charge < -0.3 is 9.13 Å². The molecule has 20 rings (SSSR count). The van der Waals surface area contributed by atoms with E-state index in [0.717, 1.165) is 50.6 Å². The maximum Gasteiger partial charge on any atom is 0.417 e. The summed E-state index contributed by atoms with van der Waals surface area (Å²) in [7, 11) is 0. The lowest BCUT2D eigenvalue weighted by molar-refractivity contribution is -0.137. The van der Waals surface area contributed by atoms with Crippen molar-refractivity contribution in [2.75, 3.05) is 0 Å². The van der Waals surface area contributed by atoms with Gasteiger partial charge in [-0.25, -0.2) is 59.8 Å². The quantitative estimate of drug-likeness (QED) is 0.0944. The van der Waals surface area contributed by atoms with Crippen molar-refractivity contribution in [3.63, 3.8) is 0 Å². The number of aromatic nitrogens is 14. The second kappa shape index (κ2) is 29.0. The van der Waals surface area contributed by atoms with Crippen molar-refractivity contribution in [3.05, 3.63) is 363 Å². The van der Waals surface area contributed by atoms with Crippen LogP contribution in [0.3, 0.4) is 0 Å². The van der Waals surface area contributed by atoms with E-state index in [1.54, 1.807) is 18.2 Å². The molecule has 14 aromatic carbocycles. The molecule has 0 spiro atoms. The summed E-state index contributed by atoms with van der Waals surface area (Å²) in [5.74, 6) is 4.66. The van der Waals surface area contributed by atoms with Crippen LogP contribution in [0.1, 0.15) is 11.1 Å². The number of alkyl halides is 3. The van der Waals surface area contributed by atoms with Crippen LogP contribution in [-0.4, -0.2) is 68.9 Å². The van der Waals surface area contributed by atoms with Crippen molar-refractivity contribution >= 4 is 43.6 Å². The Bertz CT molecular complexity index is 6240. The van der Waals surface area contributed by atoms with Crippen molar-refractivity contribution in [3.8, 4) is 165 Å². The fourth-order valence-corrected chi connectivity index (χ4v) is 15.1. The molecule has 0 N–H and O–H groups in total.